The maximum absolute atomic E-state index is 13.2. The molecule has 2 aromatic rings. The predicted octanol–water partition coefficient (Wildman–Crippen LogP) is 2.33. The van der Waals surface area contributed by atoms with Crippen molar-refractivity contribution in [2.45, 2.75) is 18.4 Å². The fraction of sp³-hybridized carbons (Fsp3) is 0.286. The number of fused-ring (bicyclic) bond motifs is 1. The third-order valence-corrected chi connectivity index (χ3v) is 5.55. The summed E-state index contributed by atoms with van der Waals surface area (Å²) in [5, 5.41) is 12.4. The van der Waals surface area contributed by atoms with Gasteiger partial charge in [0, 0.05) is 24.6 Å². The van der Waals surface area contributed by atoms with E-state index in [0.717, 1.165) is 5.56 Å². The zero-order chi connectivity index (χ0) is 19.8. The Labute approximate surface area is 161 Å². The van der Waals surface area contributed by atoms with E-state index in [1.807, 2.05) is 12.1 Å². The van der Waals surface area contributed by atoms with Crippen molar-refractivity contribution in [1.82, 2.24) is 10.2 Å². The lowest BCUT2D eigenvalue weighted by atomic mass is 9.89. The van der Waals surface area contributed by atoms with Gasteiger partial charge in [-0.05, 0) is 29.3 Å². The minimum Gasteiger partial charge on any atom is -0.481 e. The molecular weight excluding hydrogens is 363 g/mol. The van der Waals surface area contributed by atoms with E-state index >= 15 is 0 Å². The van der Waals surface area contributed by atoms with Crippen LogP contribution in [0.2, 0.25) is 0 Å². The SMILES string of the molecule is O=C1NC(CC(=O)N2C[C@H](C(=O)O)[C@@H](c3ccc(F)cc3)C2)c2ccccc21. The highest BCUT2D eigenvalue weighted by Gasteiger charge is 2.41. The molecule has 3 atom stereocenters. The Morgan fingerprint density at radius 1 is 1.11 bits per heavy atom. The van der Waals surface area contributed by atoms with Gasteiger partial charge in [-0.2, -0.15) is 0 Å². The molecule has 1 saturated heterocycles. The Morgan fingerprint density at radius 2 is 1.82 bits per heavy atom. The number of hydrogen-bond acceptors (Lipinski definition) is 3. The number of amides is 2. The van der Waals surface area contributed by atoms with Crippen LogP contribution in [-0.2, 0) is 9.59 Å². The van der Waals surface area contributed by atoms with Gasteiger partial charge in [-0.3, -0.25) is 14.4 Å². The largest absolute Gasteiger partial charge is 0.481 e. The summed E-state index contributed by atoms with van der Waals surface area (Å²) in [5.74, 6) is -2.94. The molecule has 2 heterocycles. The maximum atomic E-state index is 13.2. The number of carboxylic acids is 1. The minimum atomic E-state index is -0.982. The molecule has 1 fully saturated rings. The first-order chi connectivity index (χ1) is 13.4. The number of likely N-dealkylation sites (tertiary alicyclic amines) is 1. The molecule has 1 unspecified atom stereocenters. The van der Waals surface area contributed by atoms with Crippen LogP contribution in [0.15, 0.2) is 48.5 Å². The highest BCUT2D eigenvalue weighted by atomic mass is 19.1. The van der Waals surface area contributed by atoms with Gasteiger partial charge in [0.2, 0.25) is 5.91 Å². The summed E-state index contributed by atoms with van der Waals surface area (Å²) < 4.78 is 13.2. The Morgan fingerprint density at radius 3 is 2.54 bits per heavy atom. The first-order valence-electron chi connectivity index (χ1n) is 9.10. The first kappa shape index (κ1) is 18.2. The summed E-state index contributed by atoms with van der Waals surface area (Å²) in [7, 11) is 0. The van der Waals surface area contributed by atoms with Crippen LogP contribution in [-0.4, -0.2) is 40.9 Å². The summed E-state index contributed by atoms with van der Waals surface area (Å²) in [6.45, 7) is 0.349. The number of aliphatic carboxylic acids is 1. The molecule has 0 saturated carbocycles. The van der Waals surface area contributed by atoms with Gasteiger partial charge >= 0.3 is 5.97 Å². The number of rotatable bonds is 4. The van der Waals surface area contributed by atoms with E-state index in [9.17, 15) is 23.9 Å². The normalized spacial score (nSPS) is 23.4. The zero-order valence-electron chi connectivity index (χ0n) is 15.0. The second-order valence-corrected chi connectivity index (χ2v) is 7.22. The number of carbonyl (C=O) groups is 3. The molecule has 144 valence electrons. The molecular formula is C21H19FN2O4. The third kappa shape index (κ3) is 3.24. The van der Waals surface area contributed by atoms with Gasteiger partial charge in [0.05, 0.1) is 18.4 Å². The van der Waals surface area contributed by atoms with Crippen molar-refractivity contribution in [3.05, 3.63) is 71.0 Å². The van der Waals surface area contributed by atoms with Crippen LogP contribution in [0.5, 0.6) is 0 Å². The highest BCUT2D eigenvalue weighted by molar-refractivity contribution is 5.99. The number of benzene rings is 2. The second-order valence-electron chi connectivity index (χ2n) is 7.22. The van der Waals surface area contributed by atoms with Gasteiger partial charge in [0.15, 0.2) is 0 Å². The van der Waals surface area contributed by atoms with Gasteiger partial charge in [0.25, 0.3) is 5.91 Å². The summed E-state index contributed by atoms with van der Waals surface area (Å²) >= 11 is 0. The molecule has 2 aliphatic heterocycles. The third-order valence-electron chi connectivity index (χ3n) is 5.55. The van der Waals surface area contributed by atoms with Gasteiger partial charge in [0.1, 0.15) is 5.82 Å². The monoisotopic (exact) mass is 382 g/mol. The van der Waals surface area contributed by atoms with E-state index in [1.165, 1.54) is 17.0 Å². The van der Waals surface area contributed by atoms with Crippen molar-refractivity contribution in [1.29, 1.82) is 0 Å². The standard InChI is InChI=1S/C21H19FN2O4/c22-13-7-5-12(6-8-13)16-10-24(11-17(16)21(27)28)19(25)9-18-14-3-1-2-4-15(14)20(26)23-18/h1-8,16-18H,9-11H2,(H,23,26)(H,27,28)/t16-,17+,18?/m1/s1. The van der Waals surface area contributed by atoms with Crippen LogP contribution in [0, 0.1) is 11.7 Å². The van der Waals surface area contributed by atoms with Gasteiger partial charge in [-0.25, -0.2) is 4.39 Å². The van der Waals surface area contributed by atoms with E-state index in [0.29, 0.717) is 11.1 Å². The Balaban J connectivity index is 1.50. The highest BCUT2D eigenvalue weighted by Crippen LogP contribution is 2.35. The molecule has 7 heteroatoms. The van der Waals surface area contributed by atoms with E-state index in [4.69, 9.17) is 0 Å². The lowest BCUT2D eigenvalue weighted by Crippen LogP contribution is -2.33. The second kappa shape index (κ2) is 7.07. The van der Waals surface area contributed by atoms with Crippen LogP contribution >= 0.6 is 0 Å². The molecule has 28 heavy (non-hydrogen) atoms. The summed E-state index contributed by atoms with van der Waals surface area (Å²) in [5.41, 5.74) is 2.04. The summed E-state index contributed by atoms with van der Waals surface area (Å²) in [6.07, 6.45) is 0.0746. The number of nitrogens with zero attached hydrogens (tertiary/aromatic N) is 1. The summed E-state index contributed by atoms with van der Waals surface area (Å²) in [4.78, 5) is 38.1. The molecule has 0 aromatic heterocycles. The van der Waals surface area contributed by atoms with E-state index in [2.05, 4.69) is 5.32 Å². The number of nitrogens with one attached hydrogen (secondary N) is 1. The minimum absolute atomic E-state index is 0.0746. The van der Waals surface area contributed by atoms with Crippen molar-refractivity contribution >= 4 is 17.8 Å². The van der Waals surface area contributed by atoms with Crippen molar-refractivity contribution in [3.8, 4) is 0 Å². The predicted molar refractivity (Wildman–Crippen MR) is 98.1 cm³/mol. The molecule has 0 bridgehead atoms. The Kier molecular flexibility index (Phi) is 4.58. The van der Waals surface area contributed by atoms with Crippen LogP contribution in [0.3, 0.4) is 0 Å². The van der Waals surface area contributed by atoms with Crippen LogP contribution in [0.4, 0.5) is 4.39 Å². The molecule has 0 radical (unpaired) electrons. The van der Waals surface area contributed by atoms with Crippen molar-refractivity contribution in [2.75, 3.05) is 13.1 Å². The number of halogens is 1. The molecule has 0 spiro atoms. The number of hydrogen-bond donors (Lipinski definition) is 2. The fourth-order valence-electron chi connectivity index (χ4n) is 4.09. The van der Waals surface area contributed by atoms with E-state index in [-0.39, 0.29) is 31.3 Å². The molecule has 6 nitrogen and oxygen atoms in total. The smallest absolute Gasteiger partial charge is 0.308 e. The number of carbonyl (C=O) groups excluding carboxylic acids is 2. The molecule has 0 aliphatic carbocycles. The van der Waals surface area contributed by atoms with Crippen molar-refractivity contribution < 1.29 is 23.9 Å². The van der Waals surface area contributed by atoms with E-state index < -0.39 is 29.7 Å². The molecule has 2 amide bonds. The average molecular weight is 382 g/mol. The van der Waals surface area contributed by atoms with Gasteiger partial charge in [-0.1, -0.05) is 30.3 Å². The number of carboxylic acid groups (broad SMARTS) is 1. The van der Waals surface area contributed by atoms with Crippen molar-refractivity contribution in [2.24, 2.45) is 5.92 Å². The zero-order valence-corrected chi connectivity index (χ0v) is 15.0. The van der Waals surface area contributed by atoms with Crippen molar-refractivity contribution in [3.63, 3.8) is 0 Å². The molecule has 2 N–H and O–H groups in total. The van der Waals surface area contributed by atoms with Gasteiger partial charge in [-0.15, -0.1) is 0 Å². The Hall–Kier alpha value is -3.22. The fourth-order valence-corrected chi connectivity index (χ4v) is 4.09. The molecule has 2 aromatic carbocycles. The van der Waals surface area contributed by atoms with Crippen LogP contribution in [0.1, 0.15) is 39.9 Å². The van der Waals surface area contributed by atoms with Crippen LogP contribution < -0.4 is 5.32 Å². The Bertz CT molecular complexity index is 944. The lowest BCUT2D eigenvalue weighted by Gasteiger charge is -2.19. The summed E-state index contributed by atoms with van der Waals surface area (Å²) in [6, 6.07) is 12.4. The van der Waals surface area contributed by atoms with Gasteiger partial charge < -0.3 is 15.3 Å². The maximum Gasteiger partial charge on any atom is 0.308 e. The molecule has 4 rings (SSSR count). The topological polar surface area (TPSA) is 86.7 Å². The molecule has 2 aliphatic rings. The lowest BCUT2D eigenvalue weighted by molar-refractivity contribution is -0.141. The average Bonchev–Trinajstić information content (AvgIpc) is 3.25. The quantitative estimate of drug-likeness (QED) is 0.850. The first-order valence-corrected chi connectivity index (χ1v) is 9.10. The van der Waals surface area contributed by atoms with Crippen LogP contribution in [0.25, 0.3) is 0 Å². The van der Waals surface area contributed by atoms with E-state index in [1.54, 1.807) is 24.3 Å².